The first-order valence-electron chi connectivity index (χ1n) is 4.01. The van der Waals surface area contributed by atoms with Crippen LogP contribution in [0.4, 0.5) is 0 Å². The molecule has 1 aromatic heterocycles. The number of nitrogens with zero attached hydrogens (tertiary/aromatic N) is 1. The molecule has 0 aliphatic heterocycles. The van der Waals surface area contributed by atoms with Crippen molar-refractivity contribution < 1.29 is 15.0 Å². The summed E-state index contributed by atoms with van der Waals surface area (Å²) in [6.07, 6.45) is -0.805. The molecule has 78 valence electrons. The lowest BCUT2D eigenvalue weighted by Gasteiger charge is -2.14. The molecule has 1 rings (SSSR count). The van der Waals surface area contributed by atoms with Crippen molar-refractivity contribution >= 4 is 33.6 Å². The van der Waals surface area contributed by atoms with E-state index in [4.69, 9.17) is 0 Å². The monoisotopic (exact) mass is 279 g/mol. The highest BCUT2D eigenvalue weighted by molar-refractivity contribution is 9.09. The number of thiazole rings is 1. The number of aliphatic hydroxyl groups excluding tert-OH is 2. The van der Waals surface area contributed by atoms with Crippen molar-refractivity contribution in [3.05, 3.63) is 16.1 Å². The molecule has 0 saturated heterocycles. The highest BCUT2D eigenvalue weighted by Crippen LogP contribution is 2.20. The van der Waals surface area contributed by atoms with Crippen LogP contribution in [0.1, 0.15) is 28.0 Å². The summed E-state index contributed by atoms with van der Waals surface area (Å²) in [5, 5.41) is 21.5. The van der Waals surface area contributed by atoms with Gasteiger partial charge in [-0.3, -0.25) is 4.79 Å². The number of carbonyl (C=O) groups excluding carboxylic acids is 1. The quantitative estimate of drug-likeness (QED) is 0.626. The second-order valence-electron chi connectivity index (χ2n) is 2.72. The van der Waals surface area contributed by atoms with E-state index in [1.807, 2.05) is 0 Å². The van der Waals surface area contributed by atoms with E-state index < -0.39 is 12.2 Å². The predicted molar refractivity (Wildman–Crippen MR) is 56.9 cm³/mol. The average Bonchev–Trinajstić information content (AvgIpc) is 2.65. The van der Waals surface area contributed by atoms with E-state index >= 15 is 0 Å². The van der Waals surface area contributed by atoms with E-state index in [9.17, 15) is 15.0 Å². The lowest BCUT2D eigenvalue weighted by atomic mass is 10.1. The Balaban J connectivity index is 2.67. The molecular formula is C8H10BrNO3S. The maximum absolute atomic E-state index is 10.3. The lowest BCUT2D eigenvalue weighted by molar-refractivity contribution is 0.0151. The molecule has 0 aliphatic carbocycles. The fourth-order valence-electron chi connectivity index (χ4n) is 0.957. The maximum atomic E-state index is 10.3. The number of aldehydes is 1. The molecule has 0 saturated carbocycles. The Hall–Kier alpha value is -0.300. The minimum atomic E-state index is -1.02. The van der Waals surface area contributed by atoms with Crippen molar-refractivity contribution in [1.29, 1.82) is 0 Å². The van der Waals surface area contributed by atoms with Gasteiger partial charge in [0.25, 0.3) is 0 Å². The average molecular weight is 280 g/mol. The minimum absolute atomic E-state index is 0.310. The molecule has 0 bridgehead atoms. The summed E-state index contributed by atoms with van der Waals surface area (Å²) in [6.45, 7) is 0. The summed E-state index contributed by atoms with van der Waals surface area (Å²) in [5.74, 6) is 0. The number of alkyl halides is 1. The molecule has 14 heavy (non-hydrogen) atoms. The second-order valence-corrected chi connectivity index (χ2v) is 4.40. The molecule has 0 aromatic carbocycles. The van der Waals surface area contributed by atoms with Crippen LogP contribution in [0.25, 0.3) is 0 Å². The van der Waals surface area contributed by atoms with Crippen LogP contribution in [-0.4, -0.2) is 32.9 Å². The smallest absolute Gasteiger partial charge is 0.178 e. The molecule has 2 unspecified atom stereocenters. The normalized spacial score (nSPS) is 15.1. The Kier molecular flexibility index (Phi) is 4.67. The summed E-state index contributed by atoms with van der Waals surface area (Å²) in [6, 6.07) is 0. The summed E-state index contributed by atoms with van der Waals surface area (Å²) < 4.78 is 0. The highest BCUT2D eigenvalue weighted by atomic mass is 79.9. The fourth-order valence-corrected chi connectivity index (χ4v) is 2.07. The molecule has 0 spiro atoms. The summed E-state index contributed by atoms with van der Waals surface area (Å²) in [5.41, 5.74) is 0.352. The molecule has 1 heterocycles. The van der Waals surface area contributed by atoms with Crippen LogP contribution >= 0.6 is 27.3 Å². The molecule has 0 radical (unpaired) electrons. The van der Waals surface area contributed by atoms with Crippen LogP contribution in [0.15, 0.2) is 5.38 Å². The first kappa shape index (κ1) is 11.8. The van der Waals surface area contributed by atoms with Gasteiger partial charge in [-0.15, -0.1) is 11.3 Å². The molecular weight excluding hydrogens is 270 g/mol. The molecule has 2 N–H and O–H groups in total. The number of rotatable bonds is 5. The number of hydrogen-bond acceptors (Lipinski definition) is 5. The fraction of sp³-hybridized carbons (Fsp3) is 0.500. The van der Waals surface area contributed by atoms with Gasteiger partial charge in [0.2, 0.25) is 0 Å². The van der Waals surface area contributed by atoms with E-state index in [-0.39, 0.29) is 0 Å². The number of aliphatic hydroxyl groups is 2. The van der Waals surface area contributed by atoms with Gasteiger partial charge in [-0.2, -0.15) is 0 Å². The lowest BCUT2D eigenvalue weighted by Crippen LogP contribution is -2.18. The third-order valence-electron chi connectivity index (χ3n) is 1.71. The zero-order chi connectivity index (χ0) is 10.6. The molecule has 2 atom stereocenters. The molecule has 0 amide bonds. The Morgan fingerprint density at radius 1 is 1.64 bits per heavy atom. The largest absolute Gasteiger partial charge is 0.390 e. The van der Waals surface area contributed by atoms with Gasteiger partial charge in [-0.05, 0) is 6.42 Å². The molecule has 1 aromatic rings. The van der Waals surface area contributed by atoms with Gasteiger partial charge in [0.15, 0.2) is 11.3 Å². The Labute approximate surface area is 93.7 Å². The van der Waals surface area contributed by atoms with Crippen molar-refractivity contribution in [2.24, 2.45) is 0 Å². The first-order valence-corrected chi connectivity index (χ1v) is 6.02. The van der Waals surface area contributed by atoms with Gasteiger partial charge < -0.3 is 10.2 Å². The zero-order valence-electron chi connectivity index (χ0n) is 7.26. The van der Waals surface area contributed by atoms with Crippen molar-refractivity contribution in [2.45, 2.75) is 18.6 Å². The van der Waals surface area contributed by atoms with Crippen molar-refractivity contribution in [3.8, 4) is 0 Å². The van der Waals surface area contributed by atoms with E-state index in [0.29, 0.717) is 28.7 Å². The summed E-state index contributed by atoms with van der Waals surface area (Å²) >= 11 is 4.32. The number of halogens is 1. The molecule has 0 aliphatic rings. The summed E-state index contributed by atoms with van der Waals surface area (Å²) in [7, 11) is 0. The van der Waals surface area contributed by atoms with E-state index in [1.165, 1.54) is 0 Å². The van der Waals surface area contributed by atoms with Gasteiger partial charge in [0.1, 0.15) is 6.10 Å². The molecule has 4 nitrogen and oxygen atoms in total. The van der Waals surface area contributed by atoms with Crippen LogP contribution in [0, 0.1) is 0 Å². The predicted octanol–water partition coefficient (Wildman–Crippen LogP) is 1.13. The van der Waals surface area contributed by atoms with Crippen LogP contribution in [-0.2, 0) is 0 Å². The van der Waals surface area contributed by atoms with Crippen LogP contribution in [0.2, 0.25) is 0 Å². The maximum Gasteiger partial charge on any atom is 0.178 e. The van der Waals surface area contributed by atoms with Gasteiger partial charge in [0.05, 0.1) is 11.8 Å². The third-order valence-corrected chi connectivity index (χ3v) is 2.96. The van der Waals surface area contributed by atoms with Crippen molar-refractivity contribution in [2.75, 3.05) is 5.33 Å². The van der Waals surface area contributed by atoms with Crippen molar-refractivity contribution in [1.82, 2.24) is 4.98 Å². The zero-order valence-corrected chi connectivity index (χ0v) is 9.66. The van der Waals surface area contributed by atoms with E-state index in [1.54, 1.807) is 5.38 Å². The standard InChI is InChI=1S/C8H10BrNO3S/c9-2-1-6(12)8(13)5-4-14-7(3-11)10-5/h3-4,6,8,12-13H,1-2H2. The third kappa shape index (κ3) is 2.84. The Bertz CT molecular complexity index is 305. The highest BCUT2D eigenvalue weighted by Gasteiger charge is 2.20. The minimum Gasteiger partial charge on any atom is -0.390 e. The Morgan fingerprint density at radius 2 is 2.36 bits per heavy atom. The van der Waals surface area contributed by atoms with E-state index in [2.05, 4.69) is 20.9 Å². The molecule has 6 heteroatoms. The van der Waals surface area contributed by atoms with E-state index in [0.717, 1.165) is 11.3 Å². The SMILES string of the molecule is O=Cc1nc(C(O)C(O)CCBr)cs1. The first-order chi connectivity index (χ1) is 6.69. The Morgan fingerprint density at radius 3 is 2.86 bits per heavy atom. The number of carbonyl (C=O) groups is 1. The number of aromatic nitrogens is 1. The van der Waals surface area contributed by atoms with Gasteiger partial charge in [-0.1, -0.05) is 15.9 Å². The molecule has 0 fully saturated rings. The van der Waals surface area contributed by atoms with Gasteiger partial charge in [-0.25, -0.2) is 4.98 Å². The van der Waals surface area contributed by atoms with Gasteiger partial charge >= 0.3 is 0 Å². The summed E-state index contributed by atoms with van der Waals surface area (Å²) in [4.78, 5) is 14.2. The van der Waals surface area contributed by atoms with Crippen LogP contribution in [0.5, 0.6) is 0 Å². The topological polar surface area (TPSA) is 70.4 Å². The van der Waals surface area contributed by atoms with Crippen molar-refractivity contribution in [3.63, 3.8) is 0 Å². The van der Waals surface area contributed by atoms with Gasteiger partial charge in [0, 0.05) is 10.7 Å². The second kappa shape index (κ2) is 5.55. The van der Waals surface area contributed by atoms with Crippen LogP contribution in [0.3, 0.4) is 0 Å². The van der Waals surface area contributed by atoms with Crippen LogP contribution < -0.4 is 0 Å². The number of hydrogen-bond donors (Lipinski definition) is 2.